The van der Waals surface area contributed by atoms with Crippen molar-refractivity contribution in [1.29, 1.82) is 0 Å². The molecule has 1 aromatic heterocycles. The number of anilines is 1. The molecule has 4 aromatic rings. The molecule has 0 bridgehead atoms. The van der Waals surface area contributed by atoms with Crippen molar-refractivity contribution >= 4 is 44.1 Å². The van der Waals surface area contributed by atoms with E-state index in [0.29, 0.717) is 45.2 Å². The number of carbonyl (C=O) groups is 1. The zero-order chi connectivity index (χ0) is 23.0. The number of rotatable bonds is 6. The summed E-state index contributed by atoms with van der Waals surface area (Å²) >= 11 is 6.08. The Bertz CT molecular complexity index is 1450. The van der Waals surface area contributed by atoms with Crippen LogP contribution < -0.4 is 4.72 Å². The van der Waals surface area contributed by atoms with Gasteiger partial charge in [0.1, 0.15) is 11.3 Å². The van der Waals surface area contributed by atoms with Crippen molar-refractivity contribution in [3.05, 3.63) is 93.7 Å². The summed E-state index contributed by atoms with van der Waals surface area (Å²) in [4.78, 5) is 13.5. The van der Waals surface area contributed by atoms with E-state index in [1.807, 2.05) is 31.2 Å². The standard InChI is InChI=1S/C25H22ClNO4S/c1-4-22-24(20-7-5-6-8-23(20)31-22)25(28)19-12-10-17(13-16(19)3)27-32(29,30)18-11-9-15(2)21(26)14-18/h5-14,27H,4H2,1-3H3. The van der Waals surface area contributed by atoms with Crippen molar-refractivity contribution < 1.29 is 17.6 Å². The SMILES string of the molecule is CCc1oc2ccccc2c1C(=O)c1ccc(NS(=O)(=O)c2ccc(C)c(Cl)c2)cc1C. The van der Waals surface area contributed by atoms with Crippen LogP contribution in [-0.2, 0) is 16.4 Å². The number of fused-ring (bicyclic) bond motifs is 1. The number of para-hydroxylation sites is 1. The van der Waals surface area contributed by atoms with Crippen molar-refractivity contribution in [2.45, 2.75) is 32.1 Å². The van der Waals surface area contributed by atoms with Gasteiger partial charge in [0.05, 0.1) is 10.5 Å². The number of furan rings is 1. The van der Waals surface area contributed by atoms with Gasteiger partial charge in [0.15, 0.2) is 5.78 Å². The monoisotopic (exact) mass is 467 g/mol. The van der Waals surface area contributed by atoms with Gasteiger partial charge >= 0.3 is 0 Å². The third-order valence-electron chi connectivity index (χ3n) is 5.39. The van der Waals surface area contributed by atoms with Crippen LogP contribution in [-0.4, -0.2) is 14.2 Å². The summed E-state index contributed by atoms with van der Waals surface area (Å²) in [5.41, 5.74) is 3.53. The van der Waals surface area contributed by atoms with E-state index in [1.165, 1.54) is 12.1 Å². The van der Waals surface area contributed by atoms with Crippen LogP contribution in [0.1, 0.15) is 39.7 Å². The smallest absolute Gasteiger partial charge is 0.261 e. The Morgan fingerprint density at radius 3 is 2.44 bits per heavy atom. The number of halogens is 1. The Hall–Kier alpha value is -3.09. The molecule has 4 rings (SSSR count). The largest absolute Gasteiger partial charge is 0.460 e. The van der Waals surface area contributed by atoms with Gasteiger partial charge in [0.2, 0.25) is 0 Å². The summed E-state index contributed by atoms with van der Waals surface area (Å²) in [6.45, 7) is 5.52. The summed E-state index contributed by atoms with van der Waals surface area (Å²) in [5.74, 6) is 0.487. The quantitative estimate of drug-likeness (QED) is 0.338. The average molecular weight is 468 g/mol. The molecule has 0 radical (unpaired) electrons. The molecule has 0 spiro atoms. The second-order valence-corrected chi connectivity index (χ2v) is 9.71. The molecule has 0 saturated heterocycles. The highest BCUT2D eigenvalue weighted by Gasteiger charge is 2.23. The van der Waals surface area contributed by atoms with E-state index < -0.39 is 10.0 Å². The predicted molar refractivity (Wildman–Crippen MR) is 127 cm³/mol. The normalized spacial score (nSPS) is 11.6. The average Bonchev–Trinajstić information content (AvgIpc) is 3.13. The molecule has 0 fully saturated rings. The fourth-order valence-corrected chi connectivity index (χ4v) is 4.99. The first-order chi connectivity index (χ1) is 15.2. The first-order valence-electron chi connectivity index (χ1n) is 10.2. The maximum Gasteiger partial charge on any atom is 0.261 e. The van der Waals surface area contributed by atoms with Gasteiger partial charge in [-0.2, -0.15) is 0 Å². The van der Waals surface area contributed by atoms with Crippen LogP contribution in [0.15, 0.2) is 70.0 Å². The summed E-state index contributed by atoms with van der Waals surface area (Å²) in [5, 5.41) is 1.15. The van der Waals surface area contributed by atoms with Crippen molar-refractivity contribution in [3.63, 3.8) is 0 Å². The van der Waals surface area contributed by atoms with Crippen LogP contribution in [0.3, 0.4) is 0 Å². The lowest BCUT2D eigenvalue weighted by atomic mass is 9.96. The van der Waals surface area contributed by atoms with Crippen LogP contribution in [0.4, 0.5) is 5.69 Å². The molecule has 0 unspecified atom stereocenters. The van der Waals surface area contributed by atoms with Crippen molar-refractivity contribution in [2.75, 3.05) is 4.72 Å². The van der Waals surface area contributed by atoms with Crippen molar-refractivity contribution in [3.8, 4) is 0 Å². The summed E-state index contributed by atoms with van der Waals surface area (Å²) in [6.07, 6.45) is 0.589. The molecule has 0 saturated carbocycles. The molecule has 0 aliphatic heterocycles. The van der Waals surface area contributed by atoms with Crippen LogP contribution >= 0.6 is 11.6 Å². The van der Waals surface area contributed by atoms with E-state index in [1.54, 1.807) is 38.1 Å². The highest BCUT2D eigenvalue weighted by atomic mass is 35.5. The number of nitrogens with one attached hydrogen (secondary N) is 1. The van der Waals surface area contributed by atoms with Gasteiger partial charge in [-0.3, -0.25) is 9.52 Å². The second kappa shape index (κ2) is 8.45. The van der Waals surface area contributed by atoms with Crippen LogP contribution in [0, 0.1) is 13.8 Å². The Labute approximate surface area is 192 Å². The number of aryl methyl sites for hydroxylation is 3. The Morgan fingerprint density at radius 2 is 1.75 bits per heavy atom. The lowest BCUT2D eigenvalue weighted by molar-refractivity contribution is 0.103. The topological polar surface area (TPSA) is 76.4 Å². The lowest BCUT2D eigenvalue weighted by Gasteiger charge is -2.12. The van der Waals surface area contributed by atoms with Crippen molar-refractivity contribution in [1.82, 2.24) is 0 Å². The number of benzene rings is 3. The highest BCUT2D eigenvalue weighted by Crippen LogP contribution is 2.30. The molecule has 0 aliphatic rings. The van der Waals surface area contributed by atoms with Crippen LogP contribution in [0.2, 0.25) is 5.02 Å². The van der Waals surface area contributed by atoms with Gasteiger partial charge < -0.3 is 4.42 Å². The molecular weight excluding hydrogens is 446 g/mol. The highest BCUT2D eigenvalue weighted by molar-refractivity contribution is 7.92. The summed E-state index contributed by atoms with van der Waals surface area (Å²) in [7, 11) is -3.82. The second-order valence-electron chi connectivity index (χ2n) is 7.63. The van der Waals surface area contributed by atoms with Crippen molar-refractivity contribution in [2.24, 2.45) is 0 Å². The van der Waals surface area contributed by atoms with E-state index >= 15 is 0 Å². The molecule has 0 amide bonds. The summed E-state index contributed by atoms with van der Waals surface area (Å²) < 4.78 is 33.9. The third-order valence-corrected chi connectivity index (χ3v) is 7.18. The van der Waals surface area contributed by atoms with E-state index in [0.717, 1.165) is 10.9 Å². The van der Waals surface area contributed by atoms with Gasteiger partial charge in [-0.05, 0) is 61.4 Å². The Kier molecular flexibility index (Phi) is 5.84. The molecule has 7 heteroatoms. The molecule has 164 valence electrons. The lowest BCUT2D eigenvalue weighted by Crippen LogP contribution is -2.14. The minimum absolute atomic E-state index is 0.0726. The fraction of sp³-hybridized carbons (Fsp3) is 0.160. The Morgan fingerprint density at radius 1 is 1.00 bits per heavy atom. The minimum atomic E-state index is -3.82. The summed E-state index contributed by atoms with van der Waals surface area (Å²) in [6, 6.07) is 16.9. The number of carbonyl (C=O) groups excluding carboxylic acids is 1. The number of hydrogen-bond donors (Lipinski definition) is 1. The van der Waals surface area contributed by atoms with E-state index in [2.05, 4.69) is 4.72 Å². The zero-order valence-corrected chi connectivity index (χ0v) is 19.5. The number of ketones is 1. The first-order valence-corrected chi connectivity index (χ1v) is 12.0. The van der Waals surface area contributed by atoms with Gasteiger partial charge in [-0.25, -0.2) is 8.42 Å². The van der Waals surface area contributed by atoms with Gasteiger partial charge in [0.25, 0.3) is 10.0 Å². The maximum absolute atomic E-state index is 13.4. The van der Waals surface area contributed by atoms with Crippen LogP contribution in [0.5, 0.6) is 0 Å². The van der Waals surface area contributed by atoms with Gasteiger partial charge in [-0.1, -0.05) is 42.8 Å². The number of sulfonamides is 1. The molecule has 3 aromatic carbocycles. The fourth-order valence-electron chi connectivity index (χ4n) is 3.67. The van der Waals surface area contributed by atoms with Crippen LogP contribution in [0.25, 0.3) is 11.0 Å². The molecule has 1 heterocycles. The Balaban J connectivity index is 1.67. The molecular formula is C25H22ClNO4S. The minimum Gasteiger partial charge on any atom is -0.460 e. The zero-order valence-electron chi connectivity index (χ0n) is 17.9. The predicted octanol–water partition coefficient (Wildman–Crippen LogP) is 6.30. The van der Waals surface area contributed by atoms with E-state index in [4.69, 9.17) is 16.0 Å². The molecule has 1 N–H and O–H groups in total. The third kappa shape index (κ3) is 4.04. The first kappa shape index (κ1) is 22.1. The van der Waals surface area contributed by atoms with E-state index in [9.17, 15) is 13.2 Å². The molecule has 0 atom stereocenters. The van der Waals surface area contributed by atoms with Gasteiger partial charge in [0, 0.05) is 28.1 Å². The van der Waals surface area contributed by atoms with E-state index in [-0.39, 0.29) is 10.7 Å². The number of hydrogen-bond acceptors (Lipinski definition) is 4. The van der Waals surface area contributed by atoms with Gasteiger partial charge in [-0.15, -0.1) is 0 Å². The maximum atomic E-state index is 13.4. The molecule has 5 nitrogen and oxygen atoms in total. The molecule has 32 heavy (non-hydrogen) atoms. The molecule has 0 aliphatic carbocycles.